The molecule has 5 heteroatoms. The molecule has 0 aliphatic carbocycles. The fraction of sp³-hybridized carbons (Fsp3) is 0.778. The van der Waals surface area contributed by atoms with Crippen molar-refractivity contribution in [2.75, 3.05) is 6.61 Å². The molecule has 0 saturated carbocycles. The van der Waals surface area contributed by atoms with Crippen molar-refractivity contribution in [1.82, 2.24) is 10.2 Å². The Morgan fingerprint density at radius 2 is 2.50 bits per heavy atom. The van der Waals surface area contributed by atoms with Gasteiger partial charge < -0.3 is 10.5 Å². The summed E-state index contributed by atoms with van der Waals surface area (Å²) in [7, 11) is 0. The first-order valence-electron chi connectivity index (χ1n) is 5.01. The Hall–Kier alpha value is -0.520. The molecule has 0 amide bonds. The van der Waals surface area contributed by atoms with E-state index in [-0.39, 0.29) is 12.1 Å². The summed E-state index contributed by atoms with van der Waals surface area (Å²) in [6.07, 6.45) is 3.26. The molecule has 2 unspecified atom stereocenters. The van der Waals surface area contributed by atoms with Gasteiger partial charge in [-0.2, -0.15) is 0 Å². The Balaban J connectivity index is 2.08. The zero-order valence-corrected chi connectivity index (χ0v) is 9.09. The molecule has 0 radical (unpaired) electrons. The Morgan fingerprint density at radius 3 is 3.14 bits per heavy atom. The molecule has 14 heavy (non-hydrogen) atoms. The SMILES string of the molecule is CCC(N)c1nnc(C2CCCO2)s1. The van der Waals surface area contributed by atoms with Gasteiger partial charge in [0.1, 0.15) is 16.1 Å². The number of hydrogen-bond acceptors (Lipinski definition) is 5. The zero-order chi connectivity index (χ0) is 9.97. The monoisotopic (exact) mass is 213 g/mol. The van der Waals surface area contributed by atoms with Crippen molar-refractivity contribution in [3.63, 3.8) is 0 Å². The van der Waals surface area contributed by atoms with E-state index >= 15 is 0 Å². The highest BCUT2D eigenvalue weighted by molar-refractivity contribution is 7.11. The highest BCUT2D eigenvalue weighted by atomic mass is 32.1. The molecule has 0 aromatic carbocycles. The van der Waals surface area contributed by atoms with Gasteiger partial charge in [0.15, 0.2) is 0 Å². The van der Waals surface area contributed by atoms with Crippen molar-refractivity contribution >= 4 is 11.3 Å². The maximum Gasteiger partial charge on any atom is 0.146 e. The van der Waals surface area contributed by atoms with Crippen molar-refractivity contribution in [3.8, 4) is 0 Å². The molecule has 1 aliphatic rings. The summed E-state index contributed by atoms with van der Waals surface area (Å²) in [6, 6.07) is 0.0302. The highest BCUT2D eigenvalue weighted by Gasteiger charge is 2.22. The van der Waals surface area contributed by atoms with Gasteiger partial charge in [-0.25, -0.2) is 0 Å². The molecular formula is C9H15N3OS. The van der Waals surface area contributed by atoms with Crippen LogP contribution in [0.15, 0.2) is 0 Å². The van der Waals surface area contributed by atoms with Crippen molar-refractivity contribution in [2.24, 2.45) is 5.73 Å². The maximum atomic E-state index is 5.87. The molecule has 0 bridgehead atoms. The summed E-state index contributed by atoms with van der Waals surface area (Å²) >= 11 is 1.59. The van der Waals surface area contributed by atoms with E-state index in [9.17, 15) is 0 Å². The second-order valence-corrected chi connectivity index (χ2v) is 4.54. The summed E-state index contributed by atoms with van der Waals surface area (Å²) < 4.78 is 5.53. The first kappa shape index (κ1) is 10.0. The molecule has 4 nitrogen and oxygen atoms in total. The van der Waals surface area contributed by atoms with Crippen molar-refractivity contribution in [2.45, 2.75) is 38.3 Å². The minimum absolute atomic E-state index is 0.0302. The molecule has 1 aromatic heterocycles. The van der Waals surface area contributed by atoms with Crippen LogP contribution in [0.25, 0.3) is 0 Å². The molecule has 2 rings (SSSR count). The molecule has 1 aromatic rings. The lowest BCUT2D eigenvalue weighted by molar-refractivity contribution is 0.111. The quantitative estimate of drug-likeness (QED) is 0.831. The van der Waals surface area contributed by atoms with E-state index in [2.05, 4.69) is 17.1 Å². The minimum atomic E-state index is 0.0302. The third-order valence-corrected chi connectivity index (χ3v) is 3.57. The van der Waals surface area contributed by atoms with E-state index in [0.717, 1.165) is 35.9 Å². The predicted octanol–water partition coefficient (Wildman–Crippen LogP) is 1.80. The van der Waals surface area contributed by atoms with Crippen LogP contribution < -0.4 is 5.73 Å². The van der Waals surface area contributed by atoms with Gasteiger partial charge in [-0.05, 0) is 19.3 Å². The van der Waals surface area contributed by atoms with Gasteiger partial charge in [0, 0.05) is 6.61 Å². The highest BCUT2D eigenvalue weighted by Crippen LogP contribution is 2.31. The summed E-state index contributed by atoms with van der Waals surface area (Å²) in [5.41, 5.74) is 5.87. The van der Waals surface area contributed by atoms with Crippen molar-refractivity contribution in [1.29, 1.82) is 0 Å². The van der Waals surface area contributed by atoms with E-state index in [1.807, 2.05) is 0 Å². The fourth-order valence-electron chi connectivity index (χ4n) is 1.47. The van der Waals surface area contributed by atoms with E-state index < -0.39 is 0 Å². The van der Waals surface area contributed by atoms with E-state index in [0.29, 0.717) is 0 Å². The summed E-state index contributed by atoms with van der Waals surface area (Å²) in [5.74, 6) is 0. The van der Waals surface area contributed by atoms with Crippen LogP contribution in [0.1, 0.15) is 48.3 Å². The van der Waals surface area contributed by atoms with Crippen LogP contribution in [0.4, 0.5) is 0 Å². The molecular weight excluding hydrogens is 198 g/mol. The summed E-state index contributed by atoms with van der Waals surface area (Å²) in [5, 5.41) is 10.1. The smallest absolute Gasteiger partial charge is 0.146 e. The second kappa shape index (κ2) is 4.33. The Bertz CT molecular complexity index is 296. The molecule has 1 aliphatic heterocycles. The number of hydrogen-bond donors (Lipinski definition) is 1. The number of ether oxygens (including phenoxy) is 1. The van der Waals surface area contributed by atoms with Crippen LogP contribution in [-0.4, -0.2) is 16.8 Å². The van der Waals surface area contributed by atoms with Crippen molar-refractivity contribution in [3.05, 3.63) is 10.0 Å². The second-order valence-electron chi connectivity index (χ2n) is 3.49. The number of rotatable bonds is 3. The van der Waals surface area contributed by atoms with Gasteiger partial charge in [-0.15, -0.1) is 10.2 Å². The Labute approximate surface area is 87.5 Å². The fourth-order valence-corrected chi connectivity index (χ4v) is 2.49. The lowest BCUT2D eigenvalue weighted by Gasteiger charge is -2.03. The number of nitrogens with two attached hydrogens (primary N) is 1. The largest absolute Gasteiger partial charge is 0.371 e. The molecule has 2 atom stereocenters. The summed E-state index contributed by atoms with van der Waals surface area (Å²) in [6.45, 7) is 2.90. The predicted molar refractivity (Wildman–Crippen MR) is 55.1 cm³/mol. The Kier molecular flexibility index (Phi) is 3.10. The van der Waals surface area contributed by atoms with Crippen LogP contribution in [-0.2, 0) is 4.74 Å². The lowest BCUT2D eigenvalue weighted by atomic mass is 10.2. The van der Waals surface area contributed by atoms with Crippen LogP contribution in [0, 0.1) is 0 Å². The third-order valence-electron chi connectivity index (χ3n) is 2.42. The van der Waals surface area contributed by atoms with Crippen LogP contribution in [0.3, 0.4) is 0 Å². The van der Waals surface area contributed by atoms with Gasteiger partial charge in [0.05, 0.1) is 6.04 Å². The number of aromatic nitrogens is 2. The third kappa shape index (κ3) is 1.94. The average Bonchev–Trinajstić information content (AvgIpc) is 2.86. The van der Waals surface area contributed by atoms with Gasteiger partial charge in [-0.3, -0.25) is 0 Å². The van der Waals surface area contributed by atoms with E-state index in [1.54, 1.807) is 11.3 Å². The van der Waals surface area contributed by atoms with Gasteiger partial charge in [-0.1, -0.05) is 18.3 Å². The molecule has 0 spiro atoms. The first-order valence-corrected chi connectivity index (χ1v) is 5.83. The van der Waals surface area contributed by atoms with Gasteiger partial charge >= 0.3 is 0 Å². The molecule has 2 N–H and O–H groups in total. The first-order chi connectivity index (χ1) is 6.81. The van der Waals surface area contributed by atoms with Gasteiger partial charge in [0.2, 0.25) is 0 Å². The average molecular weight is 213 g/mol. The topological polar surface area (TPSA) is 61.0 Å². The molecule has 78 valence electrons. The summed E-state index contributed by atoms with van der Waals surface area (Å²) in [4.78, 5) is 0. The minimum Gasteiger partial charge on any atom is -0.371 e. The number of nitrogens with zero attached hydrogens (tertiary/aromatic N) is 2. The van der Waals surface area contributed by atoms with Crippen molar-refractivity contribution < 1.29 is 4.74 Å². The lowest BCUT2D eigenvalue weighted by Crippen LogP contribution is -2.07. The van der Waals surface area contributed by atoms with Gasteiger partial charge in [0.25, 0.3) is 0 Å². The normalized spacial score (nSPS) is 24.0. The molecule has 1 saturated heterocycles. The standard InChI is InChI=1S/C9H15N3OS/c1-2-6(10)8-11-12-9(14-8)7-4-3-5-13-7/h6-7H,2-5,10H2,1H3. The zero-order valence-electron chi connectivity index (χ0n) is 8.27. The molecule has 2 heterocycles. The van der Waals surface area contributed by atoms with Crippen LogP contribution >= 0.6 is 11.3 Å². The van der Waals surface area contributed by atoms with Crippen LogP contribution in [0.5, 0.6) is 0 Å². The van der Waals surface area contributed by atoms with E-state index in [1.165, 1.54) is 0 Å². The maximum absolute atomic E-state index is 5.87. The Morgan fingerprint density at radius 1 is 1.64 bits per heavy atom. The molecule has 1 fully saturated rings. The van der Waals surface area contributed by atoms with Crippen LogP contribution in [0.2, 0.25) is 0 Å². The van der Waals surface area contributed by atoms with E-state index in [4.69, 9.17) is 10.5 Å².